The molecule has 0 aromatic carbocycles. The average Bonchev–Trinajstić information content (AvgIpc) is 2.52. The monoisotopic (exact) mass is 198 g/mol. The normalized spacial score (nSPS) is 27.9. The van der Waals surface area contributed by atoms with Gasteiger partial charge in [-0.15, -0.1) is 0 Å². The lowest BCUT2D eigenvalue weighted by Gasteiger charge is -2.34. The van der Waals surface area contributed by atoms with Crippen molar-refractivity contribution in [3.8, 4) is 0 Å². The third kappa shape index (κ3) is 2.96. The predicted molar refractivity (Wildman–Crippen MR) is 62.6 cm³/mol. The smallest absolute Gasteiger partial charge is 0.00676 e. The number of hydrogen-bond acceptors (Lipinski definition) is 2. The Morgan fingerprint density at radius 3 is 2.64 bits per heavy atom. The third-order valence-electron chi connectivity index (χ3n) is 3.73. The van der Waals surface area contributed by atoms with Crippen LogP contribution in [-0.4, -0.2) is 37.6 Å². The summed E-state index contributed by atoms with van der Waals surface area (Å²) in [6.45, 7) is 10.8. The van der Waals surface area contributed by atoms with E-state index in [0.29, 0.717) is 5.41 Å². The van der Waals surface area contributed by atoms with Crippen LogP contribution in [0.3, 0.4) is 0 Å². The Kier molecular flexibility index (Phi) is 4.39. The molecule has 0 bridgehead atoms. The average molecular weight is 198 g/mol. The first kappa shape index (κ1) is 12.0. The summed E-state index contributed by atoms with van der Waals surface area (Å²) in [5.74, 6) is 0. The largest absolute Gasteiger partial charge is 0.319 e. The number of likely N-dealkylation sites (tertiary alicyclic amines) is 1. The third-order valence-corrected chi connectivity index (χ3v) is 3.73. The predicted octanol–water partition coefficient (Wildman–Crippen LogP) is 2.11. The summed E-state index contributed by atoms with van der Waals surface area (Å²) in [6.07, 6.45) is 4.04. The van der Waals surface area contributed by atoms with Crippen molar-refractivity contribution in [3.05, 3.63) is 0 Å². The van der Waals surface area contributed by atoms with Crippen LogP contribution in [0.25, 0.3) is 0 Å². The zero-order valence-electron chi connectivity index (χ0n) is 10.3. The number of nitrogens with one attached hydrogen (secondary N) is 1. The van der Waals surface area contributed by atoms with E-state index in [9.17, 15) is 0 Å². The summed E-state index contributed by atoms with van der Waals surface area (Å²) in [6, 6.07) is 0.803. The van der Waals surface area contributed by atoms with Crippen LogP contribution in [0.4, 0.5) is 0 Å². The van der Waals surface area contributed by atoms with E-state index in [-0.39, 0.29) is 0 Å². The summed E-state index contributed by atoms with van der Waals surface area (Å²) in [7, 11) is 2.06. The zero-order valence-corrected chi connectivity index (χ0v) is 10.3. The van der Waals surface area contributed by atoms with E-state index < -0.39 is 0 Å². The molecule has 1 saturated heterocycles. The Bertz CT molecular complexity index is 170. The fourth-order valence-corrected chi connectivity index (χ4v) is 2.44. The fourth-order valence-electron chi connectivity index (χ4n) is 2.44. The maximum Gasteiger partial charge on any atom is 0.00676 e. The molecule has 0 aliphatic carbocycles. The van der Waals surface area contributed by atoms with Gasteiger partial charge in [0, 0.05) is 19.1 Å². The molecule has 1 rings (SSSR count). The van der Waals surface area contributed by atoms with Gasteiger partial charge in [0.25, 0.3) is 0 Å². The lowest BCUT2D eigenvalue weighted by Crippen LogP contribution is -2.42. The van der Waals surface area contributed by atoms with Crippen LogP contribution < -0.4 is 5.32 Å². The standard InChI is InChI=1S/C12H26N2/c1-5-12(3,9-13-4)10-14-8-6-7-11(14)2/h11,13H,5-10H2,1-4H3. The van der Waals surface area contributed by atoms with E-state index in [0.717, 1.165) is 12.6 Å². The van der Waals surface area contributed by atoms with Crippen LogP contribution in [-0.2, 0) is 0 Å². The Hall–Kier alpha value is -0.0800. The minimum Gasteiger partial charge on any atom is -0.319 e. The van der Waals surface area contributed by atoms with Crippen molar-refractivity contribution in [2.24, 2.45) is 5.41 Å². The lowest BCUT2D eigenvalue weighted by atomic mass is 9.86. The molecule has 1 aliphatic rings. The first-order chi connectivity index (χ1) is 6.61. The molecule has 84 valence electrons. The highest BCUT2D eigenvalue weighted by Gasteiger charge is 2.29. The van der Waals surface area contributed by atoms with Gasteiger partial charge < -0.3 is 10.2 Å². The van der Waals surface area contributed by atoms with Crippen molar-refractivity contribution in [3.63, 3.8) is 0 Å². The molecule has 1 N–H and O–H groups in total. The molecular weight excluding hydrogens is 172 g/mol. The van der Waals surface area contributed by atoms with Crippen molar-refractivity contribution >= 4 is 0 Å². The maximum absolute atomic E-state index is 3.32. The summed E-state index contributed by atoms with van der Waals surface area (Å²) in [5, 5.41) is 3.32. The molecular formula is C12H26N2. The Morgan fingerprint density at radius 2 is 2.21 bits per heavy atom. The quantitative estimate of drug-likeness (QED) is 0.728. The SMILES string of the molecule is CCC(C)(CNC)CN1CCCC1C. The van der Waals surface area contributed by atoms with Crippen LogP contribution in [0.15, 0.2) is 0 Å². The molecule has 0 radical (unpaired) electrons. The van der Waals surface area contributed by atoms with Gasteiger partial charge in [0.15, 0.2) is 0 Å². The van der Waals surface area contributed by atoms with Crippen molar-refractivity contribution in [1.82, 2.24) is 10.2 Å². The Labute approximate surface area is 89.1 Å². The molecule has 2 heteroatoms. The number of rotatable bonds is 5. The lowest BCUT2D eigenvalue weighted by molar-refractivity contribution is 0.152. The van der Waals surface area contributed by atoms with E-state index in [2.05, 4.69) is 38.0 Å². The molecule has 0 spiro atoms. The topological polar surface area (TPSA) is 15.3 Å². The van der Waals surface area contributed by atoms with Crippen molar-refractivity contribution < 1.29 is 0 Å². The highest BCUT2D eigenvalue weighted by molar-refractivity contribution is 4.84. The molecule has 2 nitrogen and oxygen atoms in total. The molecule has 1 aliphatic heterocycles. The van der Waals surface area contributed by atoms with Gasteiger partial charge in [-0.25, -0.2) is 0 Å². The molecule has 1 fully saturated rings. The molecule has 0 aromatic heterocycles. The van der Waals surface area contributed by atoms with Gasteiger partial charge in [-0.05, 0) is 45.2 Å². The molecule has 2 atom stereocenters. The fraction of sp³-hybridized carbons (Fsp3) is 1.00. The minimum atomic E-state index is 0.452. The molecule has 14 heavy (non-hydrogen) atoms. The van der Waals surface area contributed by atoms with Crippen molar-refractivity contribution in [1.29, 1.82) is 0 Å². The molecule has 2 unspecified atom stereocenters. The summed E-state index contributed by atoms with van der Waals surface area (Å²) >= 11 is 0. The first-order valence-corrected chi connectivity index (χ1v) is 6.00. The van der Waals surface area contributed by atoms with Gasteiger partial charge >= 0.3 is 0 Å². The van der Waals surface area contributed by atoms with Gasteiger partial charge in [0.05, 0.1) is 0 Å². The van der Waals surface area contributed by atoms with Gasteiger partial charge in [-0.1, -0.05) is 13.8 Å². The summed E-state index contributed by atoms with van der Waals surface area (Å²) in [5.41, 5.74) is 0.452. The van der Waals surface area contributed by atoms with Crippen LogP contribution in [0, 0.1) is 5.41 Å². The Balaban J connectivity index is 2.46. The second-order valence-corrected chi connectivity index (χ2v) is 5.16. The highest BCUT2D eigenvalue weighted by Crippen LogP contribution is 2.26. The van der Waals surface area contributed by atoms with Gasteiger partial charge in [0.2, 0.25) is 0 Å². The minimum absolute atomic E-state index is 0.452. The second kappa shape index (κ2) is 5.13. The van der Waals surface area contributed by atoms with Gasteiger partial charge in [-0.3, -0.25) is 0 Å². The van der Waals surface area contributed by atoms with Crippen molar-refractivity contribution in [2.75, 3.05) is 26.7 Å². The summed E-state index contributed by atoms with van der Waals surface area (Å²) in [4.78, 5) is 2.65. The van der Waals surface area contributed by atoms with Crippen LogP contribution in [0.1, 0.15) is 40.0 Å². The molecule has 1 heterocycles. The van der Waals surface area contributed by atoms with E-state index >= 15 is 0 Å². The van der Waals surface area contributed by atoms with Crippen molar-refractivity contribution in [2.45, 2.75) is 46.1 Å². The van der Waals surface area contributed by atoms with E-state index in [1.54, 1.807) is 0 Å². The Morgan fingerprint density at radius 1 is 1.50 bits per heavy atom. The number of nitrogens with zero attached hydrogens (tertiary/aromatic N) is 1. The first-order valence-electron chi connectivity index (χ1n) is 6.00. The molecule has 0 saturated carbocycles. The van der Waals surface area contributed by atoms with E-state index in [1.807, 2.05) is 0 Å². The zero-order chi connectivity index (χ0) is 10.6. The van der Waals surface area contributed by atoms with Gasteiger partial charge in [-0.2, -0.15) is 0 Å². The molecule has 0 aromatic rings. The molecule has 0 amide bonds. The van der Waals surface area contributed by atoms with Crippen LogP contribution in [0.5, 0.6) is 0 Å². The second-order valence-electron chi connectivity index (χ2n) is 5.16. The number of hydrogen-bond donors (Lipinski definition) is 1. The summed E-state index contributed by atoms with van der Waals surface area (Å²) < 4.78 is 0. The maximum atomic E-state index is 3.32. The van der Waals surface area contributed by atoms with Gasteiger partial charge in [0.1, 0.15) is 0 Å². The highest BCUT2D eigenvalue weighted by atomic mass is 15.2. The van der Waals surface area contributed by atoms with Crippen LogP contribution >= 0.6 is 0 Å². The van der Waals surface area contributed by atoms with E-state index in [4.69, 9.17) is 0 Å². The van der Waals surface area contributed by atoms with Crippen LogP contribution in [0.2, 0.25) is 0 Å². The van der Waals surface area contributed by atoms with E-state index in [1.165, 1.54) is 32.4 Å².